The van der Waals surface area contributed by atoms with Crippen LogP contribution in [0.2, 0.25) is 0 Å². The topological polar surface area (TPSA) is 8.17 Å². The maximum absolute atomic E-state index is 2.37. The van der Waals surface area contributed by atoms with E-state index in [1.54, 1.807) is 0 Å². The Bertz CT molecular complexity index is 1780. The van der Waals surface area contributed by atoms with E-state index in [9.17, 15) is 0 Å². The van der Waals surface area contributed by atoms with Crippen LogP contribution in [0.5, 0.6) is 0 Å². The van der Waals surface area contributed by atoms with Crippen molar-refractivity contribution < 1.29 is 0 Å². The Balaban J connectivity index is 1.47. The summed E-state index contributed by atoms with van der Waals surface area (Å²) < 4.78 is 2.37. The summed E-state index contributed by atoms with van der Waals surface area (Å²) in [5, 5.41) is 5.00. The van der Waals surface area contributed by atoms with Crippen molar-refractivity contribution in [2.75, 3.05) is 4.90 Å². The summed E-state index contributed by atoms with van der Waals surface area (Å²) in [6.45, 7) is 0. The SMILES string of the molecule is c1ccc(N(c2ccccc2)c2ccc3cc4c(cc3c2)c2ccccc2n4-c2ccccc2)cc1. The molecule has 0 aliphatic heterocycles. The zero-order valence-electron chi connectivity index (χ0n) is 19.8. The average molecular weight is 461 g/mol. The van der Waals surface area contributed by atoms with Gasteiger partial charge in [0, 0.05) is 33.5 Å². The number of hydrogen-bond acceptors (Lipinski definition) is 1. The van der Waals surface area contributed by atoms with Crippen molar-refractivity contribution >= 4 is 49.6 Å². The van der Waals surface area contributed by atoms with Gasteiger partial charge < -0.3 is 9.47 Å². The lowest BCUT2D eigenvalue weighted by atomic mass is 10.0. The first-order valence-electron chi connectivity index (χ1n) is 12.3. The number of rotatable bonds is 4. The molecule has 0 amide bonds. The van der Waals surface area contributed by atoms with E-state index >= 15 is 0 Å². The monoisotopic (exact) mass is 460 g/mol. The third-order valence-electron chi connectivity index (χ3n) is 6.92. The van der Waals surface area contributed by atoms with Crippen molar-refractivity contribution in [1.29, 1.82) is 0 Å². The van der Waals surface area contributed by atoms with Crippen molar-refractivity contribution in [3.05, 3.63) is 146 Å². The largest absolute Gasteiger partial charge is 0.310 e. The predicted octanol–water partition coefficient (Wildman–Crippen LogP) is 9.41. The number of para-hydroxylation sites is 4. The van der Waals surface area contributed by atoms with E-state index in [-0.39, 0.29) is 0 Å². The van der Waals surface area contributed by atoms with Crippen LogP contribution in [-0.2, 0) is 0 Å². The summed E-state index contributed by atoms with van der Waals surface area (Å²) in [4.78, 5) is 2.32. The van der Waals surface area contributed by atoms with Gasteiger partial charge in [-0.15, -0.1) is 0 Å². The van der Waals surface area contributed by atoms with E-state index in [2.05, 4.69) is 155 Å². The summed E-state index contributed by atoms with van der Waals surface area (Å²) in [5.41, 5.74) is 7.06. The Morgan fingerprint density at radius 3 is 1.69 bits per heavy atom. The number of aromatic nitrogens is 1. The van der Waals surface area contributed by atoms with Gasteiger partial charge in [0.2, 0.25) is 0 Å². The minimum Gasteiger partial charge on any atom is -0.310 e. The van der Waals surface area contributed by atoms with E-state index in [4.69, 9.17) is 0 Å². The molecule has 7 aromatic rings. The third-order valence-corrected chi connectivity index (χ3v) is 6.92. The number of benzene rings is 6. The lowest BCUT2D eigenvalue weighted by Crippen LogP contribution is -2.09. The van der Waals surface area contributed by atoms with Gasteiger partial charge in [-0.25, -0.2) is 0 Å². The zero-order chi connectivity index (χ0) is 23.9. The van der Waals surface area contributed by atoms with E-state index in [0.29, 0.717) is 0 Å². The molecule has 0 aliphatic carbocycles. The zero-order valence-corrected chi connectivity index (χ0v) is 19.8. The van der Waals surface area contributed by atoms with E-state index in [1.807, 2.05) is 0 Å². The van der Waals surface area contributed by atoms with E-state index in [1.165, 1.54) is 38.3 Å². The van der Waals surface area contributed by atoms with E-state index in [0.717, 1.165) is 17.1 Å². The summed E-state index contributed by atoms with van der Waals surface area (Å²) in [6.07, 6.45) is 0. The Kier molecular flexibility index (Phi) is 4.82. The smallest absolute Gasteiger partial charge is 0.0547 e. The second-order valence-corrected chi connectivity index (χ2v) is 9.10. The molecule has 0 saturated heterocycles. The number of anilines is 3. The Morgan fingerprint density at radius 2 is 1.00 bits per heavy atom. The minimum atomic E-state index is 1.14. The van der Waals surface area contributed by atoms with E-state index < -0.39 is 0 Å². The Hall–Kier alpha value is -4.82. The van der Waals surface area contributed by atoms with Crippen molar-refractivity contribution in [3.8, 4) is 5.69 Å². The summed E-state index contributed by atoms with van der Waals surface area (Å²) in [7, 11) is 0. The molecule has 7 rings (SSSR count). The van der Waals surface area contributed by atoms with Crippen LogP contribution >= 0.6 is 0 Å². The fraction of sp³-hybridized carbons (Fsp3) is 0. The molecule has 2 nitrogen and oxygen atoms in total. The molecule has 0 radical (unpaired) electrons. The van der Waals surface area contributed by atoms with Gasteiger partial charge in [0.05, 0.1) is 11.0 Å². The standard InChI is InChI=1S/C34H24N2/c1-4-12-27(13-5-1)35(28-14-6-2-7-15-28)30-21-20-25-24-34-32(23-26(25)22-30)31-18-10-11-19-33(31)36(34)29-16-8-3-9-17-29/h1-24H. The fourth-order valence-electron chi connectivity index (χ4n) is 5.30. The van der Waals surface area contributed by atoms with Gasteiger partial charge in [-0.2, -0.15) is 0 Å². The summed E-state index contributed by atoms with van der Waals surface area (Å²) in [6, 6.07) is 51.9. The molecular weight excluding hydrogens is 436 g/mol. The first-order chi connectivity index (χ1) is 17.9. The molecule has 1 heterocycles. The van der Waals surface area contributed by atoms with Crippen molar-refractivity contribution in [3.63, 3.8) is 0 Å². The van der Waals surface area contributed by atoms with Gasteiger partial charge in [0.1, 0.15) is 0 Å². The first kappa shape index (κ1) is 20.5. The maximum atomic E-state index is 2.37. The van der Waals surface area contributed by atoms with Crippen LogP contribution in [-0.4, -0.2) is 4.57 Å². The molecule has 6 aromatic carbocycles. The normalized spacial score (nSPS) is 11.3. The minimum absolute atomic E-state index is 1.14. The molecule has 0 bridgehead atoms. The van der Waals surface area contributed by atoms with Crippen LogP contribution in [0.25, 0.3) is 38.3 Å². The van der Waals surface area contributed by atoms with Gasteiger partial charge in [-0.05, 0) is 77.5 Å². The average Bonchev–Trinajstić information content (AvgIpc) is 3.27. The van der Waals surface area contributed by atoms with Gasteiger partial charge >= 0.3 is 0 Å². The van der Waals surface area contributed by atoms with Crippen molar-refractivity contribution in [2.45, 2.75) is 0 Å². The predicted molar refractivity (Wildman–Crippen MR) is 153 cm³/mol. The number of hydrogen-bond donors (Lipinski definition) is 0. The van der Waals surface area contributed by atoms with Crippen LogP contribution in [0.1, 0.15) is 0 Å². The van der Waals surface area contributed by atoms with Crippen LogP contribution < -0.4 is 4.90 Å². The van der Waals surface area contributed by atoms with Gasteiger partial charge in [-0.1, -0.05) is 78.9 Å². The van der Waals surface area contributed by atoms with Crippen LogP contribution in [0.3, 0.4) is 0 Å². The molecule has 0 N–H and O–H groups in total. The van der Waals surface area contributed by atoms with Crippen LogP contribution in [0, 0.1) is 0 Å². The lowest BCUT2D eigenvalue weighted by molar-refractivity contribution is 1.18. The second kappa shape index (κ2) is 8.44. The fourth-order valence-corrected chi connectivity index (χ4v) is 5.30. The summed E-state index contributed by atoms with van der Waals surface area (Å²) >= 11 is 0. The van der Waals surface area contributed by atoms with Gasteiger partial charge in [0.25, 0.3) is 0 Å². The highest BCUT2D eigenvalue weighted by molar-refractivity contribution is 6.14. The molecule has 36 heavy (non-hydrogen) atoms. The van der Waals surface area contributed by atoms with Gasteiger partial charge in [0.15, 0.2) is 0 Å². The Morgan fingerprint density at radius 1 is 0.389 bits per heavy atom. The Labute approximate surface area is 210 Å². The summed E-state index contributed by atoms with van der Waals surface area (Å²) in [5.74, 6) is 0. The number of nitrogens with zero attached hydrogens (tertiary/aromatic N) is 2. The highest BCUT2D eigenvalue weighted by Crippen LogP contribution is 2.39. The molecule has 0 spiro atoms. The molecule has 0 aliphatic rings. The maximum Gasteiger partial charge on any atom is 0.0547 e. The lowest BCUT2D eigenvalue weighted by Gasteiger charge is -2.25. The molecule has 0 fully saturated rings. The van der Waals surface area contributed by atoms with Crippen molar-refractivity contribution in [1.82, 2.24) is 4.57 Å². The molecule has 1 aromatic heterocycles. The van der Waals surface area contributed by atoms with Crippen molar-refractivity contribution in [2.24, 2.45) is 0 Å². The molecule has 0 atom stereocenters. The second-order valence-electron chi connectivity index (χ2n) is 9.10. The molecule has 0 saturated carbocycles. The third kappa shape index (κ3) is 3.35. The van der Waals surface area contributed by atoms with Crippen LogP contribution in [0.15, 0.2) is 146 Å². The highest BCUT2D eigenvalue weighted by atomic mass is 15.1. The highest BCUT2D eigenvalue weighted by Gasteiger charge is 2.15. The molecular formula is C34H24N2. The molecule has 170 valence electrons. The first-order valence-corrected chi connectivity index (χ1v) is 12.3. The van der Waals surface area contributed by atoms with Gasteiger partial charge in [-0.3, -0.25) is 0 Å². The molecule has 0 unspecified atom stereocenters. The quantitative estimate of drug-likeness (QED) is 0.254. The molecule has 2 heteroatoms. The van der Waals surface area contributed by atoms with Crippen LogP contribution in [0.4, 0.5) is 17.1 Å². The number of fused-ring (bicyclic) bond motifs is 4.